The first-order chi connectivity index (χ1) is 11.1. The van der Waals surface area contributed by atoms with Crippen LogP contribution in [0.2, 0.25) is 5.02 Å². The lowest BCUT2D eigenvalue weighted by Crippen LogP contribution is -2.45. The van der Waals surface area contributed by atoms with Crippen LogP contribution >= 0.6 is 11.6 Å². The monoisotopic (exact) mass is 372 g/mol. The number of hydrogen-bond donors (Lipinski definition) is 0. The number of sulfone groups is 1. The molecule has 0 bridgehead atoms. The summed E-state index contributed by atoms with van der Waals surface area (Å²) in [6.45, 7) is 3.07. The molecule has 2 rings (SSSR count). The van der Waals surface area contributed by atoms with Gasteiger partial charge in [0.2, 0.25) is 11.8 Å². The Bertz CT molecular complexity index is 763. The van der Waals surface area contributed by atoms with Crippen molar-refractivity contribution in [3.05, 3.63) is 28.8 Å². The van der Waals surface area contributed by atoms with Crippen molar-refractivity contribution < 1.29 is 18.0 Å². The molecule has 1 aliphatic heterocycles. The second-order valence-electron chi connectivity index (χ2n) is 6.10. The Balaban J connectivity index is 2.16. The summed E-state index contributed by atoms with van der Waals surface area (Å²) < 4.78 is 23.2. The van der Waals surface area contributed by atoms with E-state index >= 15 is 0 Å². The van der Waals surface area contributed by atoms with Gasteiger partial charge in [-0.3, -0.25) is 9.59 Å². The van der Waals surface area contributed by atoms with Gasteiger partial charge in [-0.15, -0.1) is 0 Å². The highest BCUT2D eigenvalue weighted by molar-refractivity contribution is 7.91. The summed E-state index contributed by atoms with van der Waals surface area (Å²) in [6.07, 6.45) is 0.435. The number of nitrogens with zero attached hydrogens (tertiary/aromatic N) is 2. The van der Waals surface area contributed by atoms with Crippen molar-refractivity contribution in [3.63, 3.8) is 0 Å². The highest BCUT2D eigenvalue weighted by Gasteiger charge is 2.33. The molecule has 132 valence electrons. The minimum absolute atomic E-state index is 0.0186. The molecule has 1 atom stereocenters. The zero-order valence-electron chi connectivity index (χ0n) is 14.0. The van der Waals surface area contributed by atoms with Crippen molar-refractivity contribution in [1.82, 2.24) is 4.90 Å². The molecule has 1 unspecified atom stereocenters. The Labute approximate surface area is 147 Å². The molecule has 1 heterocycles. The zero-order chi connectivity index (χ0) is 18.1. The van der Waals surface area contributed by atoms with Crippen LogP contribution in [0, 0.1) is 6.92 Å². The third-order valence-electron chi connectivity index (χ3n) is 4.27. The second kappa shape index (κ2) is 7.11. The third-order valence-corrected chi connectivity index (χ3v) is 6.26. The molecule has 1 fully saturated rings. The fourth-order valence-electron chi connectivity index (χ4n) is 2.82. The molecule has 1 aliphatic rings. The van der Waals surface area contributed by atoms with Gasteiger partial charge in [0.15, 0.2) is 9.84 Å². The minimum atomic E-state index is -3.07. The molecule has 0 radical (unpaired) electrons. The van der Waals surface area contributed by atoms with Crippen molar-refractivity contribution >= 4 is 38.9 Å². The number of halogens is 1. The van der Waals surface area contributed by atoms with E-state index in [9.17, 15) is 18.0 Å². The van der Waals surface area contributed by atoms with E-state index in [1.165, 1.54) is 16.7 Å². The van der Waals surface area contributed by atoms with E-state index in [2.05, 4.69) is 0 Å². The van der Waals surface area contributed by atoms with Crippen LogP contribution in [0.4, 0.5) is 5.69 Å². The van der Waals surface area contributed by atoms with Gasteiger partial charge in [0.05, 0.1) is 11.5 Å². The summed E-state index contributed by atoms with van der Waals surface area (Å²) in [4.78, 5) is 27.3. The SMILES string of the molecule is CC(=O)N(CC(=O)N(C)C1CCS(=O)(=O)C1)c1ccc(Cl)cc1C. The number of likely N-dealkylation sites (N-methyl/N-ethyl adjacent to an activating group) is 1. The first-order valence-corrected chi connectivity index (χ1v) is 9.81. The standard InChI is InChI=1S/C16H21ClN2O4S/c1-11-8-13(17)4-5-15(11)19(12(2)20)9-16(21)18(3)14-6-7-24(22,23)10-14/h4-5,8,14H,6-7,9-10H2,1-3H3. The van der Waals surface area contributed by atoms with Crippen molar-refractivity contribution in [2.45, 2.75) is 26.3 Å². The molecular formula is C16H21ClN2O4S. The van der Waals surface area contributed by atoms with Gasteiger partial charge in [0.1, 0.15) is 6.54 Å². The number of carbonyl (C=O) groups excluding carboxylic acids is 2. The van der Waals surface area contributed by atoms with E-state index in [4.69, 9.17) is 11.6 Å². The van der Waals surface area contributed by atoms with Crippen LogP contribution in [-0.2, 0) is 19.4 Å². The van der Waals surface area contributed by atoms with Gasteiger partial charge >= 0.3 is 0 Å². The molecule has 8 heteroatoms. The quantitative estimate of drug-likeness (QED) is 0.805. The summed E-state index contributed by atoms with van der Waals surface area (Å²) in [5, 5.41) is 0.555. The number of anilines is 1. The van der Waals surface area contributed by atoms with E-state index in [0.29, 0.717) is 17.1 Å². The first-order valence-electron chi connectivity index (χ1n) is 7.61. The predicted molar refractivity (Wildman–Crippen MR) is 94.0 cm³/mol. The van der Waals surface area contributed by atoms with Crippen molar-refractivity contribution in [2.24, 2.45) is 0 Å². The van der Waals surface area contributed by atoms with E-state index in [1.807, 2.05) is 6.92 Å². The minimum Gasteiger partial charge on any atom is -0.340 e. The van der Waals surface area contributed by atoms with Crippen molar-refractivity contribution in [1.29, 1.82) is 0 Å². The third kappa shape index (κ3) is 4.27. The summed E-state index contributed by atoms with van der Waals surface area (Å²) in [5.74, 6) is -0.472. The predicted octanol–water partition coefficient (Wildman–Crippen LogP) is 1.65. The van der Waals surface area contributed by atoms with Crippen LogP contribution in [0.5, 0.6) is 0 Å². The number of rotatable bonds is 4. The Morgan fingerprint density at radius 1 is 1.33 bits per heavy atom. The molecule has 1 saturated heterocycles. The van der Waals surface area contributed by atoms with Crippen LogP contribution in [0.3, 0.4) is 0 Å². The van der Waals surface area contributed by atoms with Crippen molar-refractivity contribution in [2.75, 3.05) is 30.0 Å². The van der Waals surface area contributed by atoms with Crippen molar-refractivity contribution in [3.8, 4) is 0 Å². The number of aryl methyl sites for hydroxylation is 1. The topological polar surface area (TPSA) is 74.8 Å². The van der Waals surface area contributed by atoms with E-state index in [1.54, 1.807) is 25.2 Å². The summed E-state index contributed by atoms with van der Waals surface area (Å²) >= 11 is 5.93. The molecule has 24 heavy (non-hydrogen) atoms. The zero-order valence-corrected chi connectivity index (χ0v) is 15.5. The van der Waals surface area contributed by atoms with Gasteiger partial charge in [-0.1, -0.05) is 11.6 Å². The molecule has 0 spiro atoms. The highest BCUT2D eigenvalue weighted by atomic mass is 35.5. The van der Waals surface area contributed by atoms with E-state index < -0.39 is 9.84 Å². The average Bonchev–Trinajstić information content (AvgIpc) is 2.84. The van der Waals surface area contributed by atoms with Gasteiger partial charge < -0.3 is 9.80 Å². The maximum atomic E-state index is 12.5. The van der Waals surface area contributed by atoms with Gasteiger partial charge in [0, 0.05) is 30.7 Å². The number of hydrogen-bond acceptors (Lipinski definition) is 4. The summed E-state index contributed by atoms with van der Waals surface area (Å²) in [7, 11) is -1.49. The molecule has 6 nitrogen and oxygen atoms in total. The molecule has 1 aromatic rings. The van der Waals surface area contributed by atoms with Crippen LogP contribution in [0.25, 0.3) is 0 Å². The fourth-order valence-corrected chi connectivity index (χ4v) is 4.82. The Morgan fingerprint density at radius 2 is 2.00 bits per heavy atom. The lowest BCUT2D eigenvalue weighted by Gasteiger charge is -2.28. The average molecular weight is 373 g/mol. The number of carbonyl (C=O) groups is 2. The molecule has 2 amide bonds. The van der Waals surface area contributed by atoms with Crippen LogP contribution in [0.1, 0.15) is 18.9 Å². The molecule has 0 N–H and O–H groups in total. The van der Waals surface area contributed by atoms with Gasteiger partial charge in [-0.2, -0.15) is 0 Å². The molecule has 0 aromatic heterocycles. The number of amides is 2. The first kappa shape index (κ1) is 18.7. The van der Waals surface area contributed by atoms with Gasteiger partial charge in [0.25, 0.3) is 0 Å². The Morgan fingerprint density at radius 3 is 2.50 bits per heavy atom. The summed E-state index contributed by atoms with van der Waals surface area (Å²) in [6, 6.07) is 4.76. The van der Waals surface area contributed by atoms with E-state index in [-0.39, 0.29) is 35.9 Å². The van der Waals surface area contributed by atoms with Crippen LogP contribution in [0.15, 0.2) is 18.2 Å². The lowest BCUT2D eigenvalue weighted by molar-refractivity contribution is -0.131. The fraction of sp³-hybridized carbons (Fsp3) is 0.500. The van der Waals surface area contributed by atoms with Gasteiger partial charge in [-0.05, 0) is 37.1 Å². The highest BCUT2D eigenvalue weighted by Crippen LogP contribution is 2.24. The maximum absolute atomic E-state index is 12.5. The molecular weight excluding hydrogens is 352 g/mol. The number of benzene rings is 1. The van der Waals surface area contributed by atoms with Crippen LogP contribution < -0.4 is 4.90 Å². The largest absolute Gasteiger partial charge is 0.340 e. The molecule has 1 aromatic carbocycles. The maximum Gasteiger partial charge on any atom is 0.242 e. The van der Waals surface area contributed by atoms with Crippen LogP contribution in [-0.4, -0.2) is 56.3 Å². The Hall–Kier alpha value is -1.60. The lowest BCUT2D eigenvalue weighted by atomic mass is 10.1. The molecule has 0 saturated carbocycles. The second-order valence-corrected chi connectivity index (χ2v) is 8.76. The smallest absolute Gasteiger partial charge is 0.242 e. The van der Waals surface area contributed by atoms with E-state index in [0.717, 1.165) is 5.56 Å². The Kier molecular flexibility index (Phi) is 5.55. The normalized spacial score (nSPS) is 19.1. The van der Waals surface area contributed by atoms with Gasteiger partial charge in [-0.25, -0.2) is 8.42 Å². The molecule has 0 aliphatic carbocycles. The summed E-state index contributed by atoms with van der Waals surface area (Å²) in [5.41, 5.74) is 1.41.